The summed E-state index contributed by atoms with van der Waals surface area (Å²) in [6.07, 6.45) is 44.4. The molecule has 0 aliphatic heterocycles. The molecule has 0 aliphatic rings. The van der Waals surface area contributed by atoms with Gasteiger partial charge in [-0.2, -0.15) is 0 Å². The van der Waals surface area contributed by atoms with E-state index in [4.69, 9.17) is 18.9 Å². The Morgan fingerprint density at radius 1 is 0.355 bits per heavy atom. The quantitative estimate of drug-likeness (QED) is 0.0256. The Morgan fingerprint density at radius 3 is 0.871 bits per heavy atom. The van der Waals surface area contributed by atoms with Crippen LogP contribution in [0.3, 0.4) is 0 Å². The first-order valence-corrected chi connectivity index (χ1v) is 25.4. The van der Waals surface area contributed by atoms with Gasteiger partial charge in [0.05, 0.1) is 0 Å². The Labute approximate surface area is 381 Å². The molecule has 62 heavy (non-hydrogen) atoms. The van der Waals surface area contributed by atoms with Crippen LogP contribution in [0.4, 0.5) is 0 Å². The lowest BCUT2D eigenvalue weighted by Gasteiger charge is -2.31. The van der Waals surface area contributed by atoms with Gasteiger partial charge in [-0.15, -0.1) is 0 Å². The standard InChI is InChI=1S/C53H95NO8/c1-6-9-12-15-18-21-24-27-30-33-36-40-49(55)59-45-53(48-62-52(58)43-39-44-54(4)5,46-60-50(56)41-37-34-31-28-25-22-19-16-13-10-7-2)47-61-51(57)42-38-35-32-29-26-23-20-17-14-11-8-3/h15-20H,6-14,21-48H2,1-5H3/b18-15-,19-16-,20-17-. The molecular formula is C53H95NO8. The van der Waals surface area contributed by atoms with Crippen LogP contribution in [0.15, 0.2) is 36.5 Å². The first-order chi connectivity index (χ1) is 30.2. The summed E-state index contributed by atoms with van der Waals surface area (Å²) in [5.41, 5.74) is -1.22. The fraction of sp³-hybridized carbons (Fsp3) is 0.811. The van der Waals surface area contributed by atoms with Gasteiger partial charge in [-0.05, 0) is 104 Å². The van der Waals surface area contributed by atoms with E-state index in [0.29, 0.717) is 25.7 Å². The van der Waals surface area contributed by atoms with Gasteiger partial charge in [-0.1, -0.05) is 154 Å². The molecule has 0 aliphatic carbocycles. The normalized spacial score (nSPS) is 12.0. The maximum atomic E-state index is 13.1. The molecule has 0 bridgehead atoms. The van der Waals surface area contributed by atoms with E-state index in [0.717, 1.165) is 122 Å². The number of hydrogen-bond acceptors (Lipinski definition) is 9. The molecule has 9 nitrogen and oxygen atoms in total. The van der Waals surface area contributed by atoms with E-state index in [-0.39, 0.29) is 70.0 Å². The third-order valence-electron chi connectivity index (χ3n) is 11.1. The van der Waals surface area contributed by atoms with Crippen molar-refractivity contribution in [3.8, 4) is 0 Å². The number of carbonyl (C=O) groups excluding carboxylic acids is 4. The second kappa shape index (κ2) is 44.7. The van der Waals surface area contributed by atoms with Crippen molar-refractivity contribution >= 4 is 23.9 Å². The molecule has 0 amide bonds. The summed E-state index contributed by atoms with van der Waals surface area (Å²) in [6, 6.07) is 0. The number of nitrogens with zero attached hydrogens (tertiary/aromatic N) is 1. The van der Waals surface area contributed by atoms with Crippen molar-refractivity contribution in [3.63, 3.8) is 0 Å². The van der Waals surface area contributed by atoms with Gasteiger partial charge >= 0.3 is 23.9 Å². The predicted molar refractivity (Wildman–Crippen MR) is 257 cm³/mol. The topological polar surface area (TPSA) is 108 Å². The van der Waals surface area contributed by atoms with E-state index in [2.05, 4.69) is 57.2 Å². The van der Waals surface area contributed by atoms with Crippen molar-refractivity contribution in [2.45, 2.75) is 226 Å². The van der Waals surface area contributed by atoms with Gasteiger partial charge in [-0.3, -0.25) is 19.2 Å². The number of ether oxygens (including phenoxy) is 4. The third-order valence-corrected chi connectivity index (χ3v) is 11.1. The summed E-state index contributed by atoms with van der Waals surface area (Å²) >= 11 is 0. The summed E-state index contributed by atoms with van der Waals surface area (Å²) in [5, 5.41) is 0. The lowest BCUT2D eigenvalue weighted by molar-refractivity contribution is -0.170. The number of carbonyl (C=O) groups is 4. The summed E-state index contributed by atoms with van der Waals surface area (Å²) in [7, 11) is 3.90. The van der Waals surface area contributed by atoms with Gasteiger partial charge in [-0.25, -0.2) is 0 Å². The molecule has 0 aromatic heterocycles. The largest absolute Gasteiger partial charge is 0.465 e. The Hall–Kier alpha value is -2.94. The number of allylic oxidation sites excluding steroid dienone is 6. The Morgan fingerprint density at radius 2 is 0.597 bits per heavy atom. The van der Waals surface area contributed by atoms with Gasteiger partial charge in [0, 0.05) is 25.7 Å². The highest BCUT2D eigenvalue weighted by Gasteiger charge is 2.38. The number of rotatable bonds is 45. The molecule has 0 aromatic rings. The van der Waals surface area contributed by atoms with E-state index in [1.807, 2.05) is 19.0 Å². The summed E-state index contributed by atoms with van der Waals surface area (Å²) in [4.78, 5) is 54.1. The molecule has 0 N–H and O–H groups in total. The molecule has 0 saturated heterocycles. The first-order valence-electron chi connectivity index (χ1n) is 25.4. The van der Waals surface area contributed by atoms with Crippen molar-refractivity contribution in [2.24, 2.45) is 5.41 Å². The fourth-order valence-electron chi connectivity index (χ4n) is 6.87. The average Bonchev–Trinajstić information content (AvgIpc) is 3.25. The van der Waals surface area contributed by atoms with Crippen LogP contribution in [-0.4, -0.2) is 75.8 Å². The average molecular weight is 874 g/mol. The Bertz CT molecular complexity index is 1050. The molecule has 360 valence electrons. The lowest BCUT2D eigenvalue weighted by atomic mass is 9.92. The molecule has 0 rings (SSSR count). The molecule has 0 aromatic carbocycles. The highest BCUT2D eigenvalue weighted by molar-refractivity contribution is 5.71. The minimum Gasteiger partial charge on any atom is -0.465 e. The van der Waals surface area contributed by atoms with Crippen molar-refractivity contribution in [1.29, 1.82) is 0 Å². The highest BCUT2D eigenvalue weighted by Crippen LogP contribution is 2.24. The van der Waals surface area contributed by atoms with Crippen LogP contribution in [0, 0.1) is 5.41 Å². The molecule has 9 heteroatoms. The van der Waals surface area contributed by atoms with Gasteiger partial charge < -0.3 is 23.8 Å². The van der Waals surface area contributed by atoms with E-state index < -0.39 is 11.4 Å². The lowest BCUT2D eigenvalue weighted by Crippen LogP contribution is -2.44. The Kier molecular flexibility index (Phi) is 42.5. The van der Waals surface area contributed by atoms with Crippen molar-refractivity contribution in [1.82, 2.24) is 4.90 Å². The molecule has 0 saturated carbocycles. The monoisotopic (exact) mass is 874 g/mol. The first kappa shape index (κ1) is 59.1. The van der Waals surface area contributed by atoms with Crippen LogP contribution in [0.25, 0.3) is 0 Å². The minimum absolute atomic E-state index is 0.193. The summed E-state index contributed by atoms with van der Waals surface area (Å²) < 4.78 is 23.2. The molecule has 0 atom stereocenters. The molecule has 0 radical (unpaired) electrons. The van der Waals surface area contributed by atoms with Crippen LogP contribution in [0.1, 0.15) is 226 Å². The summed E-state index contributed by atoms with van der Waals surface area (Å²) in [5.74, 6) is -1.49. The van der Waals surface area contributed by atoms with Gasteiger partial charge in [0.25, 0.3) is 0 Å². The number of unbranched alkanes of at least 4 members (excludes halogenated alkanes) is 21. The van der Waals surface area contributed by atoms with Crippen LogP contribution in [0.5, 0.6) is 0 Å². The molecule has 0 spiro atoms. The highest BCUT2D eigenvalue weighted by atomic mass is 16.6. The van der Waals surface area contributed by atoms with Gasteiger partial charge in [0.15, 0.2) is 0 Å². The third kappa shape index (κ3) is 41.1. The van der Waals surface area contributed by atoms with E-state index in [9.17, 15) is 19.2 Å². The van der Waals surface area contributed by atoms with Crippen LogP contribution in [0.2, 0.25) is 0 Å². The second-order valence-electron chi connectivity index (χ2n) is 17.8. The van der Waals surface area contributed by atoms with E-state index in [1.54, 1.807) is 0 Å². The maximum Gasteiger partial charge on any atom is 0.305 e. The van der Waals surface area contributed by atoms with Crippen LogP contribution >= 0.6 is 0 Å². The number of hydrogen-bond donors (Lipinski definition) is 0. The van der Waals surface area contributed by atoms with Crippen LogP contribution in [-0.2, 0) is 38.1 Å². The minimum atomic E-state index is -1.22. The SMILES string of the molecule is CCCC/C=C\CCCCCCCC(=O)OCC(COC(=O)CCCCCCC/C=C\CCCC)(COC(=O)CCCCCCC/C=C\CCCC)COC(=O)CCCN(C)C. The zero-order valence-electron chi connectivity index (χ0n) is 40.8. The molecule has 0 unspecified atom stereocenters. The predicted octanol–water partition coefficient (Wildman–Crippen LogP) is 13.9. The van der Waals surface area contributed by atoms with E-state index >= 15 is 0 Å². The zero-order valence-corrected chi connectivity index (χ0v) is 40.8. The Balaban J connectivity index is 5.39. The number of esters is 4. The van der Waals surface area contributed by atoms with Gasteiger partial charge in [0.2, 0.25) is 0 Å². The summed E-state index contributed by atoms with van der Waals surface area (Å²) in [6.45, 7) is 6.58. The second-order valence-corrected chi connectivity index (χ2v) is 17.8. The fourth-order valence-corrected chi connectivity index (χ4v) is 6.87. The molecule has 0 fully saturated rings. The van der Waals surface area contributed by atoms with Gasteiger partial charge in [0.1, 0.15) is 31.8 Å². The van der Waals surface area contributed by atoms with E-state index in [1.165, 1.54) is 38.5 Å². The molecular weight excluding hydrogens is 779 g/mol. The zero-order chi connectivity index (χ0) is 45.6. The molecule has 0 heterocycles. The van der Waals surface area contributed by atoms with Crippen molar-refractivity contribution < 1.29 is 38.1 Å². The smallest absolute Gasteiger partial charge is 0.305 e. The van der Waals surface area contributed by atoms with Crippen molar-refractivity contribution in [2.75, 3.05) is 47.1 Å². The van der Waals surface area contributed by atoms with Crippen LogP contribution < -0.4 is 0 Å². The maximum absolute atomic E-state index is 13.1. The van der Waals surface area contributed by atoms with Crippen molar-refractivity contribution in [3.05, 3.63) is 36.5 Å².